The van der Waals surface area contributed by atoms with Crippen LogP contribution in [0.25, 0.3) is 0 Å². The third kappa shape index (κ3) is 5.78. The standard InChI is InChI=1S/C22H38/c1-7-11-21(12-8-2)22(18(6)17(4)5)16-20-14-10-13-19(9-3)15-20/h10,13-15,17-18,21-22H,7-9,11-12,16H2,1-6H3. The van der Waals surface area contributed by atoms with E-state index in [9.17, 15) is 0 Å². The van der Waals surface area contributed by atoms with Crippen molar-refractivity contribution in [2.24, 2.45) is 23.7 Å². The SMILES string of the molecule is CCCC(CCC)C(Cc1cccc(CC)c1)C(C)C(C)C. The van der Waals surface area contributed by atoms with Crippen LogP contribution in [0.2, 0.25) is 0 Å². The minimum atomic E-state index is 0.774. The molecule has 0 nitrogen and oxygen atoms in total. The molecule has 0 bridgehead atoms. The van der Waals surface area contributed by atoms with Gasteiger partial charge in [0.2, 0.25) is 0 Å². The number of rotatable bonds is 10. The summed E-state index contributed by atoms with van der Waals surface area (Å²) in [5.74, 6) is 3.29. The summed E-state index contributed by atoms with van der Waals surface area (Å²) >= 11 is 0. The van der Waals surface area contributed by atoms with Crippen LogP contribution in [0.5, 0.6) is 0 Å². The van der Waals surface area contributed by atoms with E-state index in [4.69, 9.17) is 0 Å². The van der Waals surface area contributed by atoms with Crippen LogP contribution in [0.15, 0.2) is 24.3 Å². The van der Waals surface area contributed by atoms with Gasteiger partial charge >= 0.3 is 0 Å². The average Bonchev–Trinajstić information content (AvgIpc) is 2.52. The lowest BCUT2D eigenvalue weighted by Crippen LogP contribution is -2.27. The van der Waals surface area contributed by atoms with Crippen molar-refractivity contribution in [3.8, 4) is 0 Å². The highest BCUT2D eigenvalue weighted by molar-refractivity contribution is 5.24. The van der Waals surface area contributed by atoms with Gasteiger partial charge in [-0.2, -0.15) is 0 Å². The summed E-state index contributed by atoms with van der Waals surface area (Å²) < 4.78 is 0. The van der Waals surface area contributed by atoms with E-state index in [1.54, 1.807) is 5.56 Å². The highest BCUT2D eigenvalue weighted by Gasteiger charge is 2.27. The van der Waals surface area contributed by atoms with Crippen LogP contribution in [0.1, 0.15) is 78.4 Å². The van der Waals surface area contributed by atoms with E-state index in [2.05, 4.69) is 65.8 Å². The lowest BCUT2D eigenvalue weighted by Gasteiger charge is -2.34. The van der Waals surface area contributed by atoms with Gasteiger partial charge in [0.15, 0.2) is 0 Å². The second-order valence-corrected chi connectivity index (χ2v) is 7.48. The van der Waals surface area contributed by atoms with Gasteiger partial charge in [0, 0.05) is 0 Å². The monoisotopic (exact) mass is 302 g/mol. The molecule has 0 saturated carbocycles. The minimum Gasteiger partial charge on any atom is -0.0654 e. The zero-order valence-electron chi connectivity index (χ0n) is 15.9. The molecule has 0 aliphatic carbocycles. The third-order valence-electron chi connectivity index (χ3n) is 5.52. The maximum Gasteiger partial charge on any atom is -0.0245 e. The van der Waals surface area contributed by atoms with Gasteiger partial charge in [-0.1, -0.05) is 91.5 Å². The van der Waals surface area contributed by atoms with E-state index < -0.39 is 0 Å². The predicted molar refractivity (Wildman–Crippen MR) is 100 cm³/mol. The Morgan fingerprint density at radius 3 is 1.95 bits per heavy atom. The van der Waals surface area contributed by atoms with Crippen molar-refractivity contribution < 1.29 is 0 Å². The fraction of sp³-hybridized carbons (Fsp3) is 0.727. The molecule has 1 aromatic carbocycles. The fourth-order valence-electron chi connectivity index (χ4n) is 3.84. The Morgan fingerprint density at radius 1 is 0.864 bits per heavy atom. The molecule has 1 rings (SSSR count). The molecule has 2 atom stereocenters. The Balaban J connectivity index is 2.97. The molecule has 0 amide bonds. The summed E-state index contributed by atoms with van der Waals surface area (Å²) in [6.45, 7) is 14.2. The summed E-state index contributed by atoms with van der Waals surface area (Å²) in [4.78, 5) is 0. The molecule has 0 aromatic heterocycles. The van der Waals surface area contributed by atoms with Crippen molar-refractivity contribution in [3.05, 3.63) is 35.4 Å². The molecule has 0 spiro atoms. The van der Waals surface area contributed by atoms with Crippen LogP contribution >= 0.6 is 0 Å². The van der Waals surface area contributed by atoms with Gasteiger partial charge in [-0.15, -0.1) is 0 Å². The maximum atomic E-state index is 2.48. The zero-order valence-corrected chi connectivity index (χ0v) is 15.9. The van der Waals surface area contributed by atoms with E-state index in [1.165, 1.54) is 37.7 Å². The quantitative estimate of drug-likeness (QED) is 0.440. The molecule has 0 radical (unpaired) electrons. The van der Waals surface area contributed by atoms with Crippen molar-refractivity contribution in [2.75, 3.05) is 0 Å². The fourth-order valence-corrected chi connectivity index (χ4v) is 3.84. The molecule has 22 heavy (non-hydrogen) atoms. The topological polar surface area (TPSA) is 0 Å². The van der Waals surface area contributed by atoms with Gasteiger partial charge in [0.25, 0.3) is 0 Å². The lowest BCUT2D eigenvalue weighted by atomic mass is 9.71. The van der Waals surface area contributed by atoms with Gasteiger partial charge in [-0.25, -0.2) is 0 Å². The van der Waals surface area contributed by atoms with Crippen molar-refractivity contribution in [1.29, 1.82) is 0 Å². The van der Waals surface area contributed by atoms with Gasteiger partial charge in [0.1, 0.15) is 0 Å². The number of benzene rings is 1. The van der Waals surface area contributed by atoms with Gasteiger partial charge in [-0.3, -0.25) is 0 Å². The molecule has 0 N–H and O–H groups in total. The number of hydrogen-bond acceptors (Lipinski definition) is 0. The van der Waals surface area contributed by atoms with Crippen LogP contribution in [0, 0.1) is 23.7 Å². The highest BCUT2D eigenvalue weighted by atomic mass is 14.3. The Morgan fingerprint density at radius 2 is 1.45 bits per heavy atom. The van der Waals surface area contributed by atoms with E-state index >= 15 is 0 Å². The molecule has 1 aromatic rings. The Kier molecular flexibility index (Phi) is 8.83. The maximum absolute atomic E-state index is 2.48. The van der Waals surface area contributed by atoms with Gasteiger partial charge < -0.3 is 0 Å². The van der Waals surface area contributed by atoms with Crippen LogP contribution in [0.4, 0.5) is 0 Å². The summed E-state index contributed by atoms with van der Waals surface area (Å²) in [6, 6.07) is 9.29. The molecule has 2 unspecified atom stereocenters. The molecule has 0 aliphatic heterocycles. The first kappa shape index (κ1) is 19.3. The molecule has 0 aliphatic rings. The minimum absolute atomic E-state index is 0.774. The first-order valence-electron chi connectivity index (χ1n) is 9.61. The molecule has 126 valence electrons. The molecule has 0 heteroatoms. The van der Waals surface area contributed by atoms with Crippen LogP contribution in [0.3, 0.4) is 0 Å². The van der Waals surface area contributed by atoms with Gasteiger partial charge in [0.05, 0.1) is 0 Å². The van der Waals surface area contributed by atoms with E-state index in [-0.39, 0.29) is 0 Å². The van der Waals surface area contributed by atoms with Crippen molar-refractivity contribution in [3.63, 3.8) is 0 Å². The first-order valence-corrected chi connectivity index (χ1v) is 9.61. The van der Waals surface area contributed by atoms with E-state index in [0.29, 0.717) is 0 Å². The number of hydrogen-bond donors (Lipinski definition) is 0. The van der Waals surface area contributed by atoms with E-state index in [0.717, 1.165) is 30.1 Å². The first-order chi connectivity index (χ1) is 10.5. The Labute approximate surface area is 139 Å². The average molecular weight is 303 g/mol. The third-order valence-corrected chi connectivity index (χ3v) is 5.52. The lowest BCUT2D eigenvalue weighted by molar-refractivity contribution is 0.171. The van der Waals surface area contributed by atoms with Crippen molar-refractivity contribution >= 4 is 0 Å². The molecular weight excluding hydrogens is 264 g/mol. The second kappa shape index (κ2) is 10.1. The largest absolute Gasteiger partial charge is 0.0654 e. The summed E-state index contributed by atoms with van der Waals surface area (Å²) in [5.41, 5.74) is 3.03. The molecular formula is C22H38. The van der Waals surface area contributed by atoms with Crippen LogP contribution in [-0.4, -0.2) is 0 Å². The molecule has 0 saturated heterocycles. The zero-order chi connectivity index (χ0) is 16.5. The Hall–Kier alpha value is -0.780. The molecule has 0 heterocycles. The predicted octanol–water partition coefficient (Wildman–Crippen LogP) is 6.92. The Bertz CT molecular complexity index is 398. The number of aryl methyl sites for hydroxylation is 1. The molecule has 0 fully saturated rings. The van der Waals surface area contributed by atoms with Gasteiger partial charge in [-0.05, 0) is 47.6 Å². The van der Waals surface area contributed by atoms with Crippen LogP contribution < -0.4 is 0 Å². The second-order valence-electron chi connectivity index (χ2n) is 7.48. The highest BCUT2D eigenvalue weighted by Crippen LogP contribution is 2.35. The summed E-state index contributed by atoms with van der Waals surface area (Å²) in [7, 11) is 0. The van der Waals surface area contributed by atoms with Crippen LogP contribution in [-0.2, 0) is 12.8 Å². The summed E-state index contributed by atoms with van der Waals surface area (Å²) in [5, 5.41) is 0. The normalized spacial score (nSPS) is 14.5. The van der Waals surface area contributed by atoms with Crippen molar-refractivity contribution in [2.45, 2.75) is 80.1 Å². The smallest absolute Gasteiger partial charge is 0.0245 e. The van der Waals surface area contributed by atoms with E-state index in [1.807, 2.05) is 0 Å². The van der Waals surface area contributed by atoms with Crippen molar-refractivity contribution in [1.82, 2.24) is 0 Å². The summed E-state index contributed by atoms with van der Waals surface area (Å²) in [6.07, 6.45) is 7.83.